The second-order valence-corrected chi connectivity index (χ2v) is 6.28. The van der Waals surface area contributed by atoms with Crippen molar-refractivity contribution in [2.75, 3.05) is 53.7 Å². The molecule has 0 aliphatic carbocycles. The normalized spacial score (nSPS) is 17.4. The molecule has 1 atom stereocenters. The van der Waals surface area contributed by atoms with Crippen molar-refractivity contribution in [1.82, 2.24) is 10.2 Å². The lowest BCUT2D eigenvalue weighted by Crippen LogP contribution is -2.40. The zero-order valence-electron chi connectivity index (χ0n) is 15.9. The zero-order chi connectivity index (χ0) is 18.6. The molecule has 0 bridgehead atoms. The van der Waals surface area contributed by atoms with Crippen molar-refractivity contribution in [2.45, 2.75) is 13.0 Å². The van der Waals surface area contributed by atoms with E-state index >= 15 is 0 Å². The molecule has 2 rings (SSSR count). The van der Waals surface area contributed by atoms with Gasteiger partial charge in [-0.05, 0) is 12.5 Å². The predicted molar refractivity (Wildman–Crippen MR) is 105 cm³/mol. The Hall–Kier alpha value is -2.05. The Morgan fingerprint density at radius 1 is 1.38 bits per heavy atom. The maximum atomic E-state index is 5.72. The smallest absolute Gasteiger partial charge is 0.193 e. The fourth-order valence-corrected chi connectivity index (χ4v) is 3.00. The Kier molecular flexibility index (Phi) is 9.00. The maximum Gasteiger partial charge on any atom is 0.193 e. The summed E-state index contributed by atoms with van der Waals surface area (Å²) < 4.78 is 16.4. The van der Waals surface area contributed by atoms with E-state index in [4.69, 9.17) is 14.2 Å². The average Bonchev–Trinajstić information content (AvgIpc) is 3.13. The standard InChI is InChI=1S/C20H31N3O3/c1-4-11-26-19-8-6-5-7-18(19)14-22-20(21-2)23-10-9-17(15-23)16-25-13-12-24-3/h4-8,17H,1,9-16H2,2-3H3,(H,21,22). The van der Waals surface area contributed by atoms with Gasteiger partial charge in [-0.25, -0.2) is 0 Å². The minimum atomic E-state index is 0.503. The van der Waals surface area contributed by atoms with Gasteiger partial charge in [-0.3, -0.25) is 4.99 Å². The van der Waals surface area contributed by atoms with E-state index in [0.717, 1.165) is 43.4 Å². The SMILES string of the molecule is C=CCOc1ccccc1CNC(=NC)N1CCC(COCCOC)C1. The van der Waals surface area contributed by atoms with Crippen LogP contribution in [0.25, 0.3) is 0 Å². The highest BCUT2D eigenvalue weighted by atomic mass is 16.5. The molecular formula is C20H31N3O3. The number of rotatable bonds is 10. The topological polar surface area (TPSA) is 55.3 Å². The summed E-state index contributed by atoms with van der Waals surface area (Å²) >= 11 is 0. The number of methoxy groups -OCH3 is 1. The molecule has 6 nitrogen and oxygen atoms in total. The monoisotopic (exact) mass is 361 g/mol. The number of ether oxygens (including phenoxy) is 3. The van der Waals surface area contributed by atoms with Crippen molar-refractivity contribution >= 4 is 5.96 Å². The Morgan fingerprint density at radius 3 is 3.00 bits per heavy atom. The fourth-order valence-electron chi connectivity index (χ4n) is 3.00. The van der Waals surface area contributed by atoms with E-state index in [0.29, 0.717) is 32.3 Å². The fraction of sp³-hybridized carbons (Fsp3) is 0.550. The average molecular weight is 361 g/mol. The number of guanidine groups is 1. The molecule has 6 heteroatoms. The van der Waals surface area contributed by atoms with Gasteiger partial charge in [0, 0.05) is 45.3 Å². The number of aliphatic imine (C=N–C) groups is 1. The van der Waals surface area contributed by atoms with Crippen LogP contribution in [0.3, 0.4) is 0 Å². The summed E-state index contributed by atoms with van der Waals surface area (Å²) in [5.74, 6) is 2.33. The van der Waals surface area contributed by atoms with Gasteiger partial charge in [0.25, 0.3) is 0 Å². The van der Waals surface area contributed by atoms with E-state index in [2.05, 4.69) is 27.9 Å². The lowest BCUT2D eigenvalue weighted by atomic mass is 10.1. The Labute approximate surface area is 156 Å². The highest BCUT2D eigenvalue weighted by Gasteiger charge is 2.25. The number of benzene rings is 1. The summed E-state index contributed by atoms with van der Waals surface area (Å²) in [6.45, 7) is 8.90. The Morgan fingerprint density at radius 2 is 2.23 bits per heavy atom. The minimum Gasteiger partial charge on any atom is -0.489 e. The first-order valence-electron chi connectivity index (χ1n) is 9.12. The van der Waals surface area contributed by atoms with Gasteiger partial charge >= 0.3 is 0 Å². The van der Waals surface area contributed by atoms with Crippen molar-refractivity contribution in [3.63, 3.8) is 0 Å². The molecule has 26 heavy (non-hydrogen) atoms. The van der Waals surface area contributed by atoms with E-state index in [-0.39, 0.29) is 0 Å². The molecule has 1 unspecified atom stereocenters. The molecule has 1 aliphatic rings. The Bertz CT molecular complexity index is 577. The summed E-state index contributed by atoms with van der Waals surface area (Å²) in [4.78, 5) is 6.72. The molecule has 1 aromatic carbocycles. The molecule has 1 fully saturated rings. The van der Waals surface area contributed by atoms with Crippen LogP contribution >= 0.6 is 0 Å². The predicted octanol–water partition coefficient (Wildman–Crippen LogP) is 2.31. The molecule has 0 aromatic heterocycles. The molecule has 0 radical (unpaired) electrons. The summed E-state index contributed by atoms with van der Waals surface area (Å²) in [5, 5.41) is 3.45. The van der Waals surface area contributed by atoms with Crippen LogP contribution in [0.2, 0.25) is 0 Å². The van der Waals surface area contributed by atoms with Crippen molar-refractivity contribution in [2.24, 2.45) is 10.9 Å². The third-order valence-corrected chi connectivity index (χ3v) is 4.35. The van der Waals surface area contributed by atoms with Crippen LogP contribution < -0.4 is 10.1 Å². The molecule has 1 saturated heterocycles. The Balaban J connectivity index is 1.82. The van der Waals surface area contributed by atoms with Crippen LogP contribution in [-0.4, -0.2) is 64.5 Å². The summed E-state index contributed by atoms with van der Waals surface area (Å²) in [5.41, 5.74) is 1.11. The van der Waals surface area contributed by atoms with Gasteiger partial charge in [-0.15, -0.1) is 0 Å². The molecule has 1 aromatic rings. The third kappa shape index (κ3) is 6.35. The first-order chi connectivity index (χ1) is 12.8. The molecule has 1 heterocycles. The number of likely N-dealkylation sites (tertiary alicyclic amines) is 1. The summed E-state index contributed by atoms with van der Waals surface area (Å²) in [6.07, 6.45) is 2.87. The molecule has 1 aliphatic heterocycles. The number of hydrogen-bond donors (Lipinski definition) is 1. The molecule has 0 saturated carbocycles. The van der Waals surface area contributed by atoms with Crippen LogP contribution in [0.5, 0.6) is 5.75 Å². The van der Waals surface area contributed by atoms with Crippen LogP contribution in [0.15, 0.2) is 41.9 Å². The molecule has 0 amide bonds. The van der Waals surface area contributed by atoms with Gasteiger partial charge < -0.3 is 24.4 Å². The largest absolute Gasteiger partial charge is 0.489 e. The van der Waals surface area contributed by atoms with Crippen LogP contribution in [-0.2, 0) is 16.0 Å². The number of hydrogen-bond acceptors (Lipinski definition) is 4. The van der Waals surface area contributed by atoms with Crippen molar-refractivity contribution in [3.8, 4) is 5.75 Å². The van der Waals surface area contributed by atoms with Crippen molar-refractivity contribution < 1.29 is 14.2 Å². The van der Waals surface area contributed by atoms with E-state index < -0.39 is 0 Å². The zero-order valence-corrected chi connectivity index (χ0v) is 15.9. The second-order valence-electron chi connectivity index (χ2n) is 6.28. The number of nitrogens with one attached hydrogen (secondary N) is 1. The number of nitrogens with zero attached hydrogens (tertiary/aromatic N) is 2. The van der Waals surface area contributed by atoms with E-state index in [1.165, 1.54) is 0 Å². The maximum absolute atomic E-state index is 5.72. The van der Waals surface area contributed by atoms with Crippen molar-refractivity contribution in [1.29, 1.82) is 0 Å². The third-order valence-electron chi connectivity index (χ3n) is 4.35. The van der Waals surface area contributed by atoms with Gasteiger partial charge in [0.1, 0.15) is 12.4 Å². The van der Waals surface area contributed by atoms with Crippen molar-refractivity contribution in [3.05, 3.63) is 42.5 Å². The van der Waals surface area contributed by atoms with E-state index in [9.17, 15) is 0 Å². The minimum absolute atomic E-state index is 0.503. The highest BCUT2D eigenvalue weighted by Crippen LogP contribution is 2.19. The number of para-hydroxylation sites is 1. The lowest BCUT2D eigenvalue weighted by Gasteiger charge is -2.22. The van der Waals surface area contributed by atoms with Crippen LogP contribution in [0.1, 0.15) is 12.0 Å². The van der Waals surface area contributed by atoms with E-state index in [1.54, 1.807) is 13.2 Å². The van der Waals surface area contributed by atoms with Gasteiger partial charge in [0.05, 0.1) is 19.8 Å². The molecule has 144 valence electrons. The van der Waals surface area contributed by atoms with Gasteiger partial charge in [-0.1, -0.05) is 30.9 Å². The van der Waals surface area contributed by atoms with Gasteiger partial charge in [0.15, 0.2) is 5.96 Å². The quantitative estimate of drug-likeness (QED) is 0.300. The highest BCUT2D eigenvalue weighted by molar-refractivity contribution is 5.80. The molecule has 0 spiro atoms. The second kappa shape index (κ2) is 11.5. The molecular weight excluding hydrogens is 330 g/mol. The first-order valence-corrected chi connectivity index (χ1v) is 9.12. The van der Waals surface area contributed by atoms with E-state index in [1.807, 2.05) is 25.2 Å². The molecule has 1 N–H and O–H groups in total. The first kappa shape index (κ1) is 20.3. The van der Waals surface area contributed by atoms with Gasteiger partial charge in [-0.2, -0.15) is 0 Å². The van der Waals surface area contributed by atoms with Crippen LogP contribution in [0, 0.1) is 5.92 Å². The summed E-state index contributed by atoms with van der Waals surface area (Å²) in [6, 6.07) is 8.04. The van der Waals surface area contributed by atoms with Gasteiger partial charge in [0.2, 0.25) is 0 Å². The van der Waals surface area contributed by atoms with Crippen LogP contribution in [0.4, 0.5) is 0 Å². The summed E-state index contributed by atoms with van der Waals surface area (Å²) in [7, 11) is 3.52. The lowest BCUT2D eigenvalue weighted by molar-refractivity contribution is 0.0536.